The first-order valence-corrected chi connectivity index (χ1v) is 10.6. The maximum absolute atomic E-state index is 6.40. The van der Waals surface area contributed by atoms with Gasteiger partial charge in [-0.2, -0.15) is 9.61 Å². The molecule has 1 aromatic carbocycles. The van der Waals surface area contributed by atoms with Gasteiger partial charge in [-0.05, 0) is 60.4 Å². The standard InChI is InChI=1S/C20H23BrClN5/c1-2-26-9-7-14(8-10-26)12-23-19-11-18(15-5-3-4-6-17(15)22)25-20-16(21)13-24-27(19)20/h3-6,11,13-14,23H,2,7-10,12H2,1H3. The van der Waals surface area contributed by atoms with E-state index in [4.69, 9.17) is 16.6 Å². The van der Waals surface area contributed by atoms with Gasteiger partial charge in [0.15, 0.2) is 5.65 Å². The maximum Gasteiger partial charge on any atom is 0.172 e. The van der Waals surface area contributed by atoms with E-state index in [1.807, 2.05) is 34.8 Å². The Labute approximate surface area is 172 Å². The number of anilines is 1. The third-order valence-electron chi connectivity index (χ3n) is 5.30. The first-order valence-electron chi connectivity index (χ1n) is 9.41. The number of nitrogens with one attached hydrogen (secondary N) is 1. The number of hydrogen-bond acceptors (Lipinski definition) is 4. The highest BCUT2D eigenvalue weighted by Gasteiger charge is 2.19. The van der Waals surface area contributed by atoms with Crippen LogP contribution in [0.5, 0.6) is 0 Å². The number of nitrogens with zero attached hydrogens (tertiary/aromatic N) is 4. The lowest BCUT2D eigenvalue weighted by atomic mass is 9.97. The zero-order chi connectivity index (χ0) is 18.8. The average molecular weight is 449 g/mol. The minimum Gasteiger partial charge on any atom is -0.370 e. The topological polar surface area (TPSA) is 45.5 Å². The second kappa shape index (κ2) is 8.17. The number of aromatic nitrogens is 3. The molecule has 27 heavy (non-hydrogen) atoms. The molecule has 0 bridgehead atoms. The van der Waals surface area contributed by atoms with Crippen LogP contribution in [0, 0.1) is 5.92 Å². The van der Waals surface area contributed by atoms with E-state index in [0.29, 0.717) is 10.9 Å². The van der Waals surface area contributed by atoms with E-state index in [1.165, 1.54) is 25.9 Å². The molecule has 4 rings (SSSR count). The lowest BCUT2D eigenvalue weighted by Crippen LogP contribution is -2.35. The molecule has 7 heteroatoms. The molecule has 2 aromatic heterocycles. The van der Waals surface area contributed by atoms with E-state index < -0.39 is 0 Å². The number of hydrogen-bond donors (Lipinski definition) is 1. The van der Waals surface area contributed by atoms with Crippen molar-refractivity contribution in [2.45, 2.75) is 19.8 Å². The van der Waals surface area contributed by atoms with Crippen LogP contribution in [0.4, 0.5) is 5.82 Å². The zero-order valence-corrected chi connectivity index (χ0v) is 17.7. The van der Waals surface area contributed by atoms with Crippen LogP contribution in [0.25, 0.3) is 16.9 Å². The van der Waals surface area contributed by atoms with Gasteiger partial charge in [0.25, 0.3) is 0 Å². The van der Waals surface area contributed by atoms with E-state index in [0.717, 1.165) is 40.3 Å². The summed E-state index contributed by atoms with van der Waals surface area (Å²) in [5.74, 6) is 1.62. The molecular formula is C20H23BrClN5. The number of fused-ring (bicyclic) bond motifs is 1. The SMILES string of the molecule is CCN1CCC(CNc2cc(-c3ccccc3Cl)nc3c(Br)cnn23)CC1. The molecule has 3 aromatic rings. The van der Waals surface area contributed by atoms with Crippen molar-refractivity contribution in [1.82, 2.24) is 19.5 Å². The van der Waals surface area contributed by atoms with Gasteiger partial charge in [-0.1, -0.05) is 36.7 Å². The summed E-state index contributed by atoms with van der Waals surface area (Å²) in [6.45, 7) is 6.70. The van der Waals surface area contributed by atoms with Crippen LogP contribution in [0.1, 0.15) is 19.8 Å². The molecule has 5 nitrogen and oxygen atoms in total. The Bertz CT molecular complexity index is 933. The fourth-order valence-corrected chi connectivity index (χ4v) is 4.21. The summed E-state index contributed by atoms with van der Waals surface area (Å²) in [6, 6.07) is 9.83. The van der Waals surface area contributed by atoms with Crippen LogP contribution < -0.4 is 5.32 Å². The molecule has 1 aliphatic rings. The molecule has 0 unspecified atom stereocenters. The molecule has 142 valence electrons. The van der Waals surface area contributed by atoms with Crippen LogP contribution in [0.3, 0.4) is 0 Å². The number of rotatable bonds is 5. The number of benzene rings is 1. The van der Waals surface area contributed by atoms with Gasteiger partial charge in [0.1, 0.15) is 5.82 Å². The Hall–Kier alpha value is -1.63. The Balaban J connectivity index is 1.61. The molecule has 1 fully saturated rings. The average Bonchev–Trinajstić information content (AvgIpc) is 3.08. The van der Waals surface area contributed by atoms with E-state index in [9.17, 15) is 0 Å². The van der Waals surface area contributed by atoms with Gasteiger partial charge in [0, 0.05) is 23.2 Å². The van der Waals surface area contributed by atoms with Crippen molar-refractivity contribution in [1.29, 1.82) is 0 Å². The van der Waals surface area contributed by atoms with Crippen LogP contribution in [0.15, 0.2) is 41.0 Å². The second-order valence-electron chi connectivity index (χ2n) is 6.99. The van der Waals surface area contributed by atoms with Gasteiger partial charge >= 0.3 is 0 Å². The van der Waals surface area contributed by atoms with Crippen LogP contribution in [-0.4, -0.2) is 45.7 Å². The van der Waals surface area contributed by atoms with Crippen molar-refractivity contribution in [2.75, 3.05) is 31.5 Å². The molecule has 0 radical (unpaired) electrons. The highest BCUT2D eigenvalue weighted by Crippen LogP contribution is 2.30. The second-order valence-corrected chi connectivity index (χ2v) is 8.25. The monoisotopic (exact) mass is 447 g/mol. The van der Waals surface area contributed by atoms with Gasteiger partial charge < -0.3 is 10.2 Å². The van der Waals surface area contributed by atoms with E-state index >= 15 is 0 Å². The van der Waals surface area contributed by atoms with Crippen LogP contribution >= 0.6 is 27.5 Å². The first kappa shape index (κ1) is 18.7. The predicted molar refractivity (Wildman–Crippen MR) is 114 cm³/mol. The molecule has 0 aliphatic carbocycles. The van der Waals surface area contributed by atoms with Crippen molar-refractivity contribution < 1.29 is 0 Å². The quantitative estimate of drug-likeness (QED) is 0.599. The molecule has 3 heterocycles. The van der Waals surface area contributed by atoms with Gasteiger partial charge in [0.2, 0.25) is 0 Å². The van der Waals surface area contributed by atoms with Gasteiger partial charge in [-0.25, -0.2) is 4.98 Å². The fraction of sp³-hybridized carbons (Fsp3) is 0.400. The fourth-order valence-electron chi connectivity index (χ4n) is 3.62. The summed E-state index contributed by atoms with van der Waals surface area (Å²) in [6.07, 6.45) is 4.24. The van der Waals surface area contributed by atoms with E-state index in [2.05, 4.69) is 38.2 Å². The molecule has 0 spiro atoms. The van der Waals surface area contributed by atoms with Gasteiger partial charge in [-0.15, -0.1) is 0 Å². The maximum atomic E-state index is 6.40. The lowest BCUT2D eigenvalue weighted by molar-refractivity contribution is 0.198. The summed E-state index contributed by atoms with van der Waals surface area (Å²) in [4.78, 5) is 7.28. The first-order chi connectivity index (χ1) is 13.2. The normalized spacial score (nSPS) is 16.1. The number of piperidine rings is 1. The molecule has 1 N–H and O–H groups in total. The largest absolute Gasteiger partial charge is 0.370 e. The molecule has 1 aliphatic heterocycles. The van der Waals surface area contributed by atoms with E-state index in [1.54, 1.807) is 6.20 Å². The molecule has 0 atom stereocenters. The van der Waals surface area contributed by atoms with Gasteiger partial charge in [0.05, 0.1) is 16.4 Å². The minimum atomic E-state index is 0.679. The predicted octanol–water partition coefficient (Wildman–Crippen LogP) is 4.96. The third kappa shape index (κ3) is 3.98. The molecule has 0 amide bonds. The van der Waals surface area contributed by atoms with E-state index in [-0.39, 0.29) is 0 Å². The van der Waals surface area contributed by atoms with Crippen molar-refractivity contribution in [2.24, 2.45) is 5.92 Å². The summed E-state index contributed by atoms with van der Waals surface area (Å²) < 4.78 is 2.72. The lowest BCUT2D eigenvalue weighted by Gasteiger charge is -2.31. The Morgan fingerprint density at radius 3 is 2.78 bits per heavy atom. The number of halogens is 2. The van der Waals surface area contributed by atoms with Crippen molar-refractivity contribution in [3.63, 3.8) is 0 Å². The third-order valence-corrected chi connectivity index (χ3v) is 6.19. The van der Waals surface area contributed by atoms with Gasteiger partial charge in [-0.3, -0.25) is 0 Å². The minimum absolute atomic E-state index is 0.679. The number of likely N-dealkylation sites (tertiary alicyclic amines) is 1. The summed E-state index contributed by atoms with van der Waals surface area (Å²) in [5, 5.41) is 8.78. The summed E-state index contributed by atoms with van der Waals surface area (Å²) in [7, 11) is 0. The summed E-state index contributed by atoms with van der Waals surface area (Å²) >= 11 is 9.96. The van der Waals surface area contributed by atoms with Crippen molar-refractivity contribution in [3.8, 4) is 11.3 Å². The Morgan fingerprint density at radius 1 is 1.26 bits per heavy atom. The molecule has 0 saturated carbocycles. The Morgan fingerprint density at radius 2 is 2.04 bits per heavy atom. The van der Waals surface area contributed by atoms with Crippen LogP contribution in [0.2, 0.25) is 5.02 Å². The van der Waals surface area contributed by atoms with Crippen molar-refractivity contribution in [3.05, 3.63) is 46.0 Å². The Kier molecular flexibility index (Phi) is 5.66. The summed E-state index contributed by atoms with van der Waals surface area (Å²) in [5.41, 5.74) is 2.56. The smallest absolute Gasteiger partial charge is 0.172 e. The molecule has 1 saturated heterocycles. The zero-order valence-electron chi connectivity index (χ0n) is 15.3. The highest BCUT2D eigenvalue weighted by molar-refractivity contribution is 9.10. The van der Waals surface area contributed by atoms with Crippen molar-refractivity contribution >= 4 is 39.0 Å². The van der Waals surface area contributed by atoms with Crippen LogP contribution in [-0.2, 0) is 0 Å². The highest BCUT2D eigenvalue weighted by atomic mass is 79.9. The molecular weight excluding hydrogens is 426 g/mol.